The average molecular weight is 243 g/mol. The zero-order valence-corrected chi connectivity index (χ0v) is 10.3. The lowest BCUT2D eigenvalue weighted by atomic mass is 9.94. The van der Waals surface area contributed by atoms with Gasteiger partial charge < -0.3 is 14.6 Å². The molecule has 2 rings (SSSR count). The number of methoxy groups -OCH3 is 1. The van der Waals surface area contributed by atoms with E-state index in [-0.39, 0.29) is 5.97 Å². The van der Waals surface area contributed by atoms with Crippen LogP contribution >= 0.6 is 0 Å². The van der Waals surface area contributed by atoms with E-state index < -0.39 is 12.0 Å². The summed E-state index contributed by atoms with van der Waals surface area (Å²) in [6.07, 6.45) is 2.59. The van der Waals surface area contributed by atoms with Crippen LogP contribution in [0.1, 0.15) is 19.3 Å². The van der Waals surface area contributed by atoms with Crippen molar-refractivity contribution in [3.05, 3.63) is 0 Å². The molecule has 2 aliphatic rings. The van der Waals surface area contributed by atoms with E-state index in [2.05, 4.69) is 4.90 Å². The van der Waals surface area contributed by atoms with Gasteiger partial charge in [0.2, 0.25) is 0 Å². The fraction of sp³-hybridized carbons (Fsp3) is 0.917. The van der Waals surface area contributed by atoms with Crippen LogP contribution < -0.4 is 0 Å². The lowest BCUT2D eigenvalue weighted by Crippen LogP contribution is -2.48. The fourth-order valence-electron chi connectivity index (χ4n) is 2.63. The van der Waals surface area contributed by atoms with Crippen LogP contribution in [0.3, 0.4) is 0 Å². The number of aliphatic hydroxyl groups is 1. The Morgan fingerprint density at radius 1 is 1.53 bits per heavy atom. The monoisotopic (exact) mass is 243 g/mol. The number of ether oxygens (including phenoxy) is 2. The molecule has 5 nitrogen and oxygen atoms in total. The van der Waals surface area contributed by atoms with Gasteiger partial charge in [-0.05, 0) is 19.3 Å². The molecule has 2 saturated heterocycles. The second-order valence-corrected chi connectivity index (χ2v) is 4.88. The van der Waals surface area contributed by atoms with Gasteiger partial charge in [0, 0.05) is 26.2 Å². The van der Waals surface area contributed by atoms with Gasteiger partial charge in [0.15, 0.2) is 0 Å². The molecular weight excluding hydrogens is 222 g/mol. The summed E-state index contributed by atoms with van der Waals surface area (Å²) in [5, 5.41) is 9.79. The Morgan fingerprint density at radius 3 is 3.00 bits per heavy atom. The van der Waals surface area contributed by atoms with Crippen LogP contribution in [-0.2, 0) is 14.3 Å². The van der Waals surface area contributed by atoms with E-state index in [1.165, 1.54) is 7.11 Å². The highest BCUT2D eigenvalue weighted by molar-refractivity contribution is 5.73. The van der Waals surface area contributed by atoms with Gasteiger partial charge in [0.05, 0.1) is 25.2 Å². The van der Waals surface area contributed by atoms with Crippen molar-refractivity contribution in [2.24, 2.45) is 5.92 Å². The first-order valence-corrected chi connectivity index (χ1v) is 6.30. The maximum absolute atomic E-state index is 11.5. The summed E-state index contributed by atoms with van der Waals surface area (Å²) < 4.78 is 10.3. The highest BCUT2D eigenvalue weighted by Gasteiger charge is 2.34. The normalized spacial score (nSPS) is 34.8. The number of likely N-dealkylation sites (tertiary alicyclic amines) is 1. The zero-order valence-electron chi connectivity index (χ0n) is 10.3. The Labute approximate surface area is 102 Å². The van der Waals surface area contributed by atoms with Crippen molar-refractivity contribution in [2.75, 3.05) is 33.4 Å². The van der Waals surface area contributed by atoms with Crippen LogP contribution in [-0.4, -0.2) is 61.5 Å². The predicted molar refractivity (Wildman–Crippen MR) is 61.5 cm³/mol. The molecule has 2 fully saturated rings. The van der Waals surface area contributed by atoms with Crippen molar-refractivity contribution in [3.8, 4) is 0 Å². The lowest BCUT2D eigenvalue weighted by Gasteiger charge is -2.35. The van der Waals surface area contributed by atoms with Crippen molar-refractivity contribution in [3.63, 3.8) is 0 Å². The first-order chi connectivity index (χ1) is 8.20. The second kappa shape index (κ2) is 5.80. The summed E-state index contributed by atoms with van der Waals surface area (Å²) in [5.74, 6) is -0.718. The molecule has 0 saturated carbocycles. The molecule has 0 spiro atoms. The zero-order chi connectivity index (χ0) is 12.3. The van der Waals surface area contributed by atoms with Crippen LogP contribution in [0.25, 0.3) is 0 Å². The van der Waals surface area contributed by atoms with Gasteiger partial charge in [-0.3, -0.25) is 9.69 Å². The van der Waals surface area contributed by atoms with Crippen molar-refractivity contribution >= 4 is 5.97 Å². The summed E-state index contributed by atoms with van der Waals surface area (Å²) in [5.41, 5.74) is 0. The Morgan fingerprint density at radius 2 is 2.35 bits per heavy atom. The minimum Gasteiger partial charge on any atom is -0.469 e. The molecule has 1 N–H and O–H groups in total. The van der Waals surface area contributed by atoms with Crippen LogP contribution in [0.4, 0.5) is 0 Å². The fourth-order valence-corrected chi connectivity index (χ4v) is 2.63. The maximum Gasteiger partial charge on any atom is 0.312 e. The minimum absolute atomic E-state index is 0.295. The molecule has 17 heavy (non-hydrogen) atoms. The van der Waals surface area contributed by atoms with E-state index in [1.54, 1.807) is 0 Å². The Kier molecular flexibility index (Phi) is 4.36. The van der Waals surface area contributed by atoms with Crippen molar-refractivity contribution in [1.29, 1.82) is 0 Å². The van der Waals surface area contributed by atoms with Gasteiger partial charge in [0.1, 0.15) is 0 Å². The third-order valence-corrected chi connectivity index (χ3v) is 3.65. The highest BCUT2D eigenvalue weighted by Crippen LogP contribution is 2.21. The molecule has 0 amide bonds. The molecule has 0 aromatic heterocycles. The molecule has 5 heteroatoms. The lowest BCUT2D eigenvalue weighted by molar-refractivity contribution is -0.153. The van der Waals surface area contributed by atoms with Crippen LogP contribution in [0.2, 0.25) is 0 Å². The number of hydrogen-bond donors (Lipinski definition) is 1. The summed E-state index contributed by atoms with van der Waals surface area (Å²) in [6.45, 7) is 3.12. The molecule has 0 aromatic rings. The van der Waals surface area contributed by atoms with Crippen molar-refractivity contribution in [1.82, 2.24) is 4.90 Å². The average Bonchev–Trinajstić information content (AvgIpc) is 2.83. The topological polar surface area (TPSA) is 59.0 Å². The smallest absolute Gasteiger partial charge is 0.312 e. The molecule has 0 aromatic carbocycles. The SMILES string of the molecule is COC(=O)[C@@H]1CN(C[C@@H]2CCCO2)CC[C@@H]1O. The van der Waals surface area contributed by atoms with Crippen molar-refractivity contribution in [2.45, 2.75) is 31.5 Å². The Hall–Kier alpha value is -0.650. The molecule has 98 valence electrons. The quantitative estimate of drug-likeness (QED) is 0.708. The number of hydrogen-bond acceptors (Lipinski definition) is 5. The Bertz CT molecular complexity index is 265. The van der Waals surface area contributed by atoms with Gasteiger partial charge in [0.25, 0.3) is 0 Å². The van der Waals surface area contributed by atoms with Crippen molar-refractivity contribution < 1.29 is 19.4 Å². The van der Waals surface area contributed by atoms with Gasteiger partial charge in [-0.1, -0.05) is 0 Å². The number of esters is 1. The van der Waals surface area contributed by atoms with Crippen LogP contribution in [0, 0.1) is 5.92 Å². The highest BCUT2D eigenvalue weighted by atomic mass is 16.5. The van der Waals surface area contributed by atoms with E-state index in [0.717, 1.165) is 32.5 Å². The molecule has 2 aliphatic heterocycles. The summed E-state index contributed by atoms with van der Waals surface area (Å²) in [7, 11) is 1.37. The molecule has 0 aliphatic carbocycles. The molecule has 0 radical (unpaired) electrons. The van der Waals surface area contributed by atoms with Gasteiger partial charge in [-0.2, -0.15) is 0 Å². The van der Waals surface area contributed by atoms with Crippen LogP contribution in [0.15, 0.2) is 0 Å². The Balaban J connectivity index is 1.85. The number of carbonyl (C=O) groups is 1. The molecule has 2 heterocycles. The van der Waals surface area contributed by atoms with E-state index in [9.17, 15) is 9.90 Å². The second-order valence-electron chi connectivity index (χ2n) is 4.88. The number of carbonyl (C=O) groups excluding carboxylic acids is 1. The van der Waals surface area contributed by atoms with E-state index >= 15 is 0 Å². The standard InChI is InChI=1S/C12H21NO4/c1-16-12(15)10-8-13(5-4-11(10)14)7-9-3-2-6-17-9/h9-11,14H,2-8H2,1H3/t9-,10+,11-/m0/s1. The molecular formula is C12H21NO4. The maximum atomic E-state index is 11.5. The van der Waals surface area contributed by atoms with E-state index in [0.29, 0.717) is 19.1 Å². The molecule has 3 atom stereocenters. The summed E-state index contributed by atoms with van der Waals surface area (Å²) >= 11 is 0. The van der Waals surface area contributed by atoms with E-state index in [1.807, 2.05) is 0 Å². The predicted octanol–water partition coefficient (Wildman–Crippen LogP) is 0.0212. The first-order valence-electron chi connectivity index (χ1n) is 6.30. The summed E-state index contributed by atoms with van der Waals surface area (Å²) in [6, 6.07) is 0. The molecule has 0 unspecified atom stereocenters. The van der Waals surface area contributed by atoms with Gasteiger partial charge >= 0.3 is 5.97 Å². The largest absolute Gasteiger partial charge is 0.469 e. The van der Waals surface area contributed by atoms with E-state index in [4.69, 9.17) is 9.47 Å². The summed E-state index contributed by atoms with van der Waals surface area (Å²) in [4.78, 5) is 13.7. The van der Waals surface area contributed by atoms with Gasteiger partial charge in [-0.25, -0.2) is 0 Å². The number of aliphatic hydroxyl groups excluding tert-OH is 1. The van der Waals surface area contributed by atoms with Crippen LogP contribution in [0.5, 0.6) is 0 Å². The third-order valence-electron chi connectivity index (χ3n) is 3.65. The number of nitrogens with zero attached hydrogens (tertiary/aromatic N) is 1. The number of rotatable bonds is 3. The number of piperidine rings is 1. The molecule has 0 bridgehead atoms. The van der Waals surface area contributed by atoms with Gasteiger partial charge in [-0.15, -0.1) is 0 Å². The first kappa shape index (κ1) is 12.8. The third kappa shape index (κ3) is 3.18. The minimum atomic E-state index is -0.566.